The highest BCUT2D eigenvalue weighted by molar-refractivity contribution is 7.17. The van der Waals surface area contributed by atoms with Gasteiger partial charge in [0, 0.05) is 30.4 Å². The van der Waals surface area contributed by atoms with Crippen molar-refractivity contribution in [3.8, 4) is 5.69 Å². The maximum atomic E-state index is 12.5. The van der Waals surface area contributed by atoms with E-state index in [0.29, 0.717) is 5.56 Å². The summed E-state index contributed by atoms with van der Waals surface area (Å²) in [5, 5.41) is 5.33. The molecule has 1 aromatic carbocycles. The molecule has 1 aliphatic heterocycles. The Morgan fingerprint density at radius 1 is 1.07 bits per heavy atom. The molecule has 3 heterocycles. The van der Waals surface area contributed by atoms with Crippen LogP contribution < -0.4 is 10.3 Å². The van der Waals surface area contributed by atoms with Crippen molar-refractivity contribution < 1.29 is 9.53 Å². The molecule has 0 saturated carbocycles. The second-order valence-corrected chi connectivity index (χ2v) is 7.18. The third kappa shape index (κ3) is 4.10. The fourth-order valence-corrected chi connectivity index (χ4v) is 3.90. The quantitative estimate of drug-likeness (QED) is 0.546. The van der Waals surface area contributed by atoms with Gasteiger partial charge < -0.3 is 14.2 Å². The summed E-state index contributed by atoms with van der Waals surface area (Å²) >= 11 is 1.65. The van der Waals surface area contributed by atoms with Gasteiger partial charge in [-0.3, -0.25) is 4.79 Å². The van der Waals surface area contributed by atoms with Crippen LogP contribution in [0.5, 0.6) is 0 Å². The first-order valence-electron chi connectivity index (χ1n) is 8.79. The Hall–Kier alpha value is -2.90. The highest BCUT2D eigenvalue weighted by Gasteiger charge is 2.13. The highest BCUT2D eigenvalue weighted by Crippen LogP contribution is 2.25. The predicted octanol–water partition coefficient (Wildman–Crippen LogP) is 3.14. The molecule has 27 heavy (non-hydrogen) atoms. The number of anilines is 1. The maximum Gasteiger partial charge on any atom is 0.273 e. The topological polar surface area (TPSA) is 58.9 Å². The molecule has 0 aliphatic carbocycles. The van der Waals surface area contributed by atoms with Crippen LogP contribution in [0.3, 0.4) is 0 Å². The van der Waals surface area contributed by atoms with E-state index in [9.17, 15) is 4.79 Å². The lowest BCUT2D eigenvalue weighted by molar-refractivity contribution is 0.0955. The van der Waals surface area contributed by atoms with Crippen LogP contribution in [-0.4, -0.2) is 43.0 Å². The number of hydrogen-bond donors (Lipinski definition) is 1. The molecule has 0 spiro atoms. The molecule has 0 bridgehead atoms. The second-order valence-electron chi connectivity index (χ2n) is 6.08. The number of para-hydroxylation sites is 1. The molecule has 0 radical (unpaired) electrons. The number of rotatable bonds is 5. The number of nitrogens with one attached hydrogen (secondary N) is 1. The number of morpholine rings is 1. The van der Waals surface area contributed by atoms with Crippen molar-refractivity contribution in [2.75, 3.05) is 31.2 Å². The summed E-state index contributed by atoms with van der Waals surface area (Å²) in [4.78, 5) is 15.8. The summed E-state index contributed by atoms with van der Waals surface area (Å²) < 4.78 is 7.29. The van der Waals surface area contributed by atoms with Crippen LogP contribution in [0, 0.1) is 0 Å². The van der Waals surface area contributed by atoms with Crippen molar-refractivity contribution in [2.24, 2.45) is 5.10 Å². The minimum atomic E-state index is -0.236. The number of amides is 1. The maximum absolute atomic E-state index is 12.5. The monoisotopic (exact) mass is 380 g/mol. The number of carbonyl (C=O) groups is 1. The van der Waals surface area contributed by atoms with Gasteiger partial charge in [-0.25, -0.2) is 5.43 Å². The molecular weight excluding hydrogens is 360 g/mol. The molecule has 1 N–H and O–H groups in total. The molecule has 1 fully saturated rings. The largest absolute Gasteiger partial charge is 0.378 e. The van der Waals surface area contributed by atoms with Crippen molar-refractivity contribution in [1.82, 2.24) is 9.99 Å². The standard InChI is InChI=1S/C20H20N4O2S/c25-20(17-5-1-2-6-18(17)23-9-3-4-10-23)22-21-15-16-7-8-19(27-16)24-11-13-26-14-12-24/h1-10,15H,11-14H2,(H,22,25). The van der Waals surface area contributed by atoms with E-state index in [-0.39, 0.29) is 5.91 Å². The molecule has 1 amide bonds. The molecule has 2 aromatic heterocycles. The zero-order valence-corrected chi connectivity index (χ0v) is 15.6. The van der Waals surface area contributed by atoms with E-state index in [1.165, 1.54) is 5.00 Å². The van der Waals surface area contributed by atoms with Crippen molar-refractivity contribution >= 4 is 28.5 Å². The Morgan fingerprint density at radius 2 is 1.85 bits per heavy atom. The Labute approximate surface area is 161 Å². The van der Waals surface area contributed by atoms with Crippen molar-refractivity contribution in [3.63, 3.8) is 0 Å². The van der Waals surface area contributed by atoms with Gasteiger partial charge in [-0.05, 0) is 36.4 Å². The number of hydrazone groups is 1. The Kier molecular flexibility index (Phi) is 5.32. The summed E-state index contributed by atoms with van der Waals surface area (Å²) in [6, 6.07) is 15.4. The fourth-order valence-electron chi connectivity index (χ4n) is 2.97. The van der Waals surface area contributed by atoms with E-state index in [0.717, 1.165) is 36.9 Å². The first-order valence-corrected chi connectivity index (χ1v) is 9.61. The lowest BCUT2D eigenvalue weighted by Crippen LogP contribution is -2.35. The van der Waals surface area contributed by atoms with E-state index in [4.69, 9.17) is 4.74 Å². The Balaban J connectivity index is 1.42. The van der Waals surface area contributed by atoms with Gasteiger partial charge in [0.1, 0.15) is 0 Å². The van der Waals surface area contributed by atoms with Gasteiger partial charge in [0.05, 0.1) is 35.7 Å². The SMILES string of the molecule is O=C(NN=Cc1ccc(N2CCOCC2)s1)c1ccccc1-n1cccc1. The number of nitrogens with zero attached hydrogens (tertiary/aromatic N) is 3. The van der Waals surface area contributed by atoms with Crippen LogP contribution >= 0.6 is 11.3 Å². The van der Waals surface area contributed by atoms with E-state index < -0.39 is 0 Å². The number of carbonyl (C=O) groups excluding carboxylic acids is 1. The summed E-state index contributed by atoms with van der Waals surface area (Å²) in [6.07, 6.45) is 5.51. The van der Waals surface area contributed by atoms with Gasteiger partial charge in [-0.1, -0.05) is 12.1 Å². The average molecular weight is 380 g/mol. The molecule has 1 aliphatic rings. The van der Waals surface area contributed by atoms with Gasteiger partial charge in [-0.15, -0.1) is 11.3 Å². The lowest BCUT2D eigenvalue weighted by atomic mass is 10.1. The molecule has 3 aromatic rings. The molecule has 0 unspecified atom stereocenters. The van der Waals surface area contributed by atoms with Crippen molar-refractivity contribution in [3.05, 3.63) is 71.4 Å². The average Bonchev–Trinajstić information content (AvgIpc) is 3.41. The molecular formula is C20H20N4O2S. The smallest absolute Gasteiger partial charge is 0.273 e. The molecule has 7 heteroatoms. The molecule has 6 nitrogen and oxygen atoms in total. The molecule has 0 atom stereocenters. The number of benzene rings is 1. The van der Waals surface area contributed by atoms with Gasteiger partial charge in [-0.2, -0.15) is 5.10 Å². The normalized spacial score (nSPS) is 14.6. The first-order chi connectivity index (χ1) is 13.3. The number of ether oxygens (including phenoxy) is 1. The number of hydrogen-bond acceptors (Lipinski definition) is 5. The van der Waals surface area contributed by atoms with Crippen LogP contribution in [-0.2, 0) is 4.74 Å². The Morgan fingerprint density at radius 3 is 2.67 bits per heavy atom. The van der Waals surface area contributed by atoms with Gasteiger partial charge in [0.2, 0.25) is 0 Å². The zero-order chi connectivity index (χ0) is 18.5. The van der Waals surface area contributed by atoms with E-state index in [1.807, 2.05) is 53.4 Å². The lowest BCUT2D eigenvalue weighted by Gasteiger charge is -2.27. The number of thiophene rings is 1. The Bertz CT molecular complexity index is 927. The zero-order valence-electron chi connectivity index (χ0n) is 14.7. The van der Waals surface area contributed by atoms with Crippen LogP contribution in [0.2, 0.25) is 0 Å². The van der Waals surface area contributed by atoms with E-state index in [1.54, 1.807) is 23.6 Å². The third-order valence-electron chi connectivity index (χ3n) is 4.32. The van der Waals surface area contributed by atoms with E-state index in [2.05, 4.69) is 21.5 Å². The van der Waals surface area contributed by atoms with Crippen molar-refractivity contribution in [2.45, 2.75) is 0 Å². The van der Waals surface area contributed by atoms with Gasteiger partial charge in [0.25, 0.3) is 5.91 Å². The summed E-state index contributed by atoms with van der Waals surface area (Å²) in [6.45, 7) is 3.34. The summed E-state index contributed by atoms with van der Waals surface area (Å²) in [7, 11) is 0. The van der Waals surface area contributed by atoms with Crippen molar-refractivity contribution in [1.29, 1.82) is 0 Å². The molecule has 1 saturated heterocycles. The van der Waals surface area contributed by atoms with Gasteiger partial charge in [0.15, 0.2) is 0 Å². The minimum absolute atomic E-state index is 0.236. The molecule has 138 valence electrons. The summed E-state index contributed by atoms with van der Waals surface area (Å²) in [5.41, 5.74) is 4.02. The number of aromatic nitrogens is 1. The van der Waals surface area contributed by atoms with Gasteiger partial charge >= 0.3 is 0 Å². The fraction of sp³-hybridized carbons (Fsp3) is 0.200. The predicted molar refractivity (Wildman–Crippen MR) is 108 cm³/mol. The van der Waals surface area contributed by atoms with Crippen LogP contribution in [0.1, 0.15) is 15.2 Å². The summed E-state index contributed by atoms with van der Waals surface area (Å²) in [5.74, 6) is -0.236. The highest BCUT2D eigenvalue weighted by atomic mass is 32.1. The van der Waals surface area contributed by atoms with Crippen LogP contribution in [0.25, 0.3) is 5.69 Å². The van der Waals surface area contributed by atoms with Crippen LogP contribution in [0.4, 0.5) is 5.00 Å². The molecule has 4 rings (SSSR count). The van der Waals surface area contributed by atoms with Crippen LogP contribution in [0.15, 0.2) is 66.0 Å². The second kappa shape index (κ2) is 8.20. The minimum Gasteiger partial charge on any atom is -0.378 e. The third-order valence-corrected chi connectivity index (χ3v) is 5.41. The van der Waals surface area contributed by atoms with E-state index >= 15 is 0 Å². The first kappa shape index (κ1) is 17.5.